The van der Waals surface area contributed by atoms with Gasteiger partial charge in [-0.1, -0.05) is 0 Å². The van der Waals surface area contributed by atoms with Crippen LogP contribution >= 0.6 is 0 Å². The van der Waals surface area contributed by atoms with Crippen molar-refractivity contribution in [2.75, 3.05) is 5.32 Å². The van der Waals surface area contributed by atoms with Gasteiger partial charge in [0.15, 0.2) is 5.78 Å². The number of nitrogens with zero attached hydrogens (tertiary/aromatic N) is 3. The van der Waals surface area contributed by atoms with Crippen LogP contribution in [-0.4, -0.2) is 20.7 Å². The van der Waals surface area contributed by atoms with Crippen LogP contribution in [0.4, 0.5) is 12.0 Å². The zero-order chi connectivity index (χ0) is 11.7. The topological polar surface area (TPSA) is 80.9 Å². The van der Waals surface area contributed by atoms with Crippen LogP contribution in [-0.2, 0) is 6.42 Å². The molecule has 1 aliphatic carbocycles. The molecule has 0 unspecified atom stereocenters. The molecule has 0 amide bonds. The Labute approximate surface area is 97.1 Å². The molecule has 0 saturated carbocycles. The van der Waals surface area contributed by atoms with Crippen molar-refractivity contribution in [2.45, 2.75) is 19.3 Å². The lowest BCUT2D eigenvalue weighted by Crippen LogP contribution is -2.14. The monoisotopic (exact) mass is 230 g/mol. The molecule has 86 valence electrons. The second-order valence-corrected chi connectivity index (χ2v) is 3.79. The zero-order valence-electron chi connectivity index (χ0n) is 9.01. The van der Waals surface area contributed by atoms with E-state index in [2.05, 4.69) is 20.3 Å². The standard InChI is InChI=1S/C11H10N4O2/c16-9-3-1-2-8-7(9)6-13-10(14-8)15-11-12-4-5-17-11/h4-6H,1-3H2,(H,12,13,14,15). The number of ketones is 1. The molecule has 2 aromatic heterocycles. The predicted octanol–water partition coefficient (Wildman–Crippen LogP) is 1.73. The summed E-state index contributed by atoms with van der Waals surface area (Å²) in [6.45, 7) is 0. The Kier molecular flexibility index (Phi) is 2.32. The van der Waals surface area contributed by atoms with Gasteiger partial charge in [-0.15, -0.1) is 0 Å². The highest BCUT2D eigenvalue weighted by molar-refractivity contribution is 5.97. The molecule has 0 spiro atoms. The molecule has 0 radical (unpaired) electrons. The molecule has 0 aromatic carbocycles. The van der Waals surface area contributed by atoms with Gasteiger partial charge in [-0.3, -0.25) is 10.1 Å². The summed E-state index contributed by atoms with van der Waals surface area (Å²) in [6.07, 6.45) is 6.80. The maximum absolute atomic E-state index is 11.6. The summed E-state index contributed by atoms with van der Waals surface area (Å²) in [4.78, 5) is 23.9. The molecule has 0 bridgehead atoms. The van der Waals surface area contributed by atoms with E-state index < -0.39 is 0 Å². The first-order chi connectivity index (χ1) is 8.33. The van der Waals surface area contributed by atoms with Crippen molar-refractivity contribution in [2.24, 2.45) is 0 Å². The maximum atomic E-state index is 11.6. The Morgan fingerprint density at radius 3 is 3.06 bits per heavy atom. The number of oxazole rings is 1. The highest BCUT2D eigenvalue weighted by Gasteiger charge is 2.19. The van der Waals surface area contributed by atoms with Gasteiger partial charge in [0.1, 0.15) is 6.26 Å². The minimum absolute atomic E-state index is 0.119. The van der Waals surface area contributed by atoms with Gasteiger partial charge in [0.05, 0.1) is 17.5 Å². The molecule has 6 nitrogen and oxygen atoms in total. The molecule has 0 saturated heterocycles. The third-order valence-electron chi connectivity index (χ3n) is 2.64. The largest absolute Gasteiger partial charge is 0.432 e. The van der Waals surface area contributed by atoms with E-state index in [0.717, 1.165) is 18.5 Å². The lowest BCUT2D eigenvalue weighted by molar-refractivity contribution is 0.0971. The molecule has 3 rings (SSSR count). The first-order valence-corrected chi connectivity index (χ1v) is 5.38. The molecule has 0 aliphatic heterocycles. The summed E-state index contributed by atoms with van der Waals surface area (Å²) in [6, 6.07) is 0.340. The van der Waals surface area contributed by atoms with Gasteiger partial charge in [0.25, 0.3) is 0 Å². The third kappa shape index (κ3) is 1.89. The van der Waals surface area contributed by atoms with Crippen molar-refractivity contribution < 1.29 is 9.21 Å². The van der Waals surface area contributed by atoms with Gasteiger partial charge in [-0.05, 0) is 12.8 Å². The van der Waals surface area contributed by atoms with E-state index in [1.807, 2.05) is 0 Å². The number of fused-ring (bicyclic) bond motifs is 1. The molecule has 2 aromatic rings. The lowest BCUT2D eigenvalue weighted by Gasteiger charge is -2.13. The van der Waals surface area contributed by atoms with E-state index in [1.165, 1.54) is 12.5 Å². The number of rotatable bonds is 2. The first-order valence-electron chi connectivity index (χ1n) is 5.38. The Morgan fingerprint density at radius 2 is 2.24 bits per heavy atom. The van der Waals surface area contributed by atoms with Crippen molar-refractivity contribution in [1.29, 1.82) is 0 Å². The van der Waals surface area contributed by atoms with E-state index in [-0.39, 0.29) is 5.78 Å². The second kappa shape index (κ2) is 3.97. The molecule has 0 atom stereocenters. The van der Waals surface area contributed by atoms with Crippen LogP contribution < -0.4 is 5.32 Å². The Bertz CT molecular complexity index is 551. The number of hydrogen-bond donors (Lipinski definition) is 1. The molecular weight excluding hydrogens is 220 g/mol. The van der Waals surface area contributed by atoms with Crippen LogP contribution in [0, 0.1) is 0 Å². The summed E-state index contributed by atoms with van der Waals surface area (Å²) in [5.74, 6) is 0.523. The van der Waals surface area contributed by atoms with Gasteiger partial charge in [0, 0.05) is 12.6 Å². The number of nitrogens with one attached hydrogen (secondary N) is 1. The van der Waals surface area contributed by atoms with Crippen LogP contribution in [0.15, 0.2) is 23.1 Å². The van der Waals surface area contributed by atoms with E-state index >= 15 is 0 Å². The third-order valence-corrected chi connectivity index (χ3v) is 2.64. The molecule has 1 aliphatic rings. The maximum Gasteiger partial charge on any atom is 0.301 e. The number of aryl methyl sites for hydroxylation is 1. The molecule has 2 heterocycles. The van der Waals surface area contributed by atoms with Crippen molar-refractivity contribution >= 4 is 17.7 Å². The van der Waals surface area contributed by atoms with E-state index in [0.29, 0.717) is 23.9 Å². The van der Waals surface area contributed by atoms with Crippen molar-refractivity contribution in [3.05, 3.63) is 29.9 Å². The quantitative estimate of drug-likeness (QED) is 0.846. The SMILES string of the molecule is O=C1CCCc2nc(Nc3ncco3)ncc21. The van der Waals surface area contributed by atoms with Gasteiger partial charge >= 0.3 is 6.01 Å². The first kappa shape index (κ1) is 9.95. The van der Waals surface area contributed by atoms with Crippen LogP contribution in [0.1, 0.15) is 28.9 Å². The van der Waals surface area contributed by atoms with E-state index in [1.54, 1.807) is 6.20 Å². The number of anilines is 2. The molecule has 17 heavy (non-hydrogen) atoms. The Hall–Kier alpha value is -2.24. The van der Waals surface area contributed by atoms with E-state index in [4.69, 9.17) is 4.42 Å². The summed E-state index contributed by atoms with van der Waals surface area (Å²) in [5.41, 5.74) is 1.43. The van der Waals surface area contributed by atoms with Crippen LogP contribution in [0.2, 0.25) is 0 Å². The van der Waals surface area contributed by atoms with Crippen LogP contribution in [0.3, 0.4) is 0 Å². The number of Topliss-reactive ketones (excluding diaryl/α,β-unsaturated/α-hetero) is 1. The number of carbonyl (C=O) groups is 1. The Morgan fingerprint density at radius 1 is 1.29 bits per heavy atom. The summed E-state index contributed by atoms with van der Waals surface area (Å²) in [7, 11) is 0. The van der Waals surface area contributed by atoms with Gasteiger partial charge < -0.3 is 4.42 Å². The van der Waals surface area contributed by atoms with Gasteiger partial charge in [-0.25, -0.2) is 15.0 Å². The summed E-state index contributed by atoms with van der Waals surface area (Å²) in [5, 5.41) is 2.84. The van der Waals surface area contributed by atoms with Gasteiger partial charge in [-0.2, -0.15) is 0 Å². The van der Waals surface area contributed by atoms with Crippen molar-refractivity contribution in [1.82, 2.24) is 15.0 Å². The van der Waals surface area contributed by atoms with Crippen LogP contribution in [0.5, 0.6) is 0 Å². The summed E-state index contributed by atoms with van der Waals surface area (Å²) < 4.78 is 5.03. The fourth-order valence-electron chi connectivity index (χ4n) is 1.83. The minimum atomic E-state index is 0.119. The average Bonchev–Trinajstić information content (AvgIpc) is 2.82. The normalized spacial score (nSPS) is 14.5. The predicted molar refractivity (Wildman–Crippen MR) is 59.1 cm³/mol. The fourth-order valence-corrected chi connectivity index (χ4v) is 1.83. The van der Waals surface area contributed by atoms with E-state index in [9.17, 15) is 4.79 Å². The minimum Gasteiger partial charge on any atom is -0.432 e. The molecule has 6 heteroatoms. The van der Waals surface area contributed by atoms with Crippen molar-refractivity contribution in [3.63, 3.8) is 0 Å². The smallest absolute Gasteiger partial charge is 0.301 e. The Balaban J connectivity index is 1.90. The number of hydrogen-bond acceptors (Lipinski definition) is 6. The highest BCUT2D eigenvalue weighted by atomic mass is 16.4. The number of carbonyl (C=O) groups excluding carboxylic acids is 1. The zero-order valence-corrected chi connectivity index (χ0v) is 9.01. The van der Waals surface area contributed by atoms with Crippen LogP contribution in [0.25, 0.3) is 0 Å². The van der Waals surface area contributed by atoms with Gasteiger partial charge in [0.2, 0.25) is 5.95 Å². The lowest BCUT2D eigenvalue weighted by atomic mass is 9.96. The highest BCUT2D eigenvalue weighted by Crippen LogP contribution is 2.20. The summed E-state index contributed by atoms with van der Waals surface area (Å²) >= 11 is 0. The molecule has 1 N–H and O–H groups in total. The second-order valence-electron chi connectivity index (χ2n) is 3.79. The van der Waals surface area contributed by atoms with Crippen molar-refractivity contribution in [3.8, 4) is 0 Å². The molecule has 0 fully saturated rings. The fraction of sp³-hybridized carbons (Fsp3) is 0.273. The number of aromatic nitrogens is 3. The average molecular weight is 230 g/mol. The molecular formula is C11H10N4O2.